The molecule has 0 aromatic heterocycles. The second-order valence-corrected chi connectivity index (χ2v) is 4.32. The summed E-state index contributed by atoms with van der Waals surface area (Å²) < 4.78 is 0. The minimum absolute atomic E-state index is 0.0779. The van der Waals surface area contributed by atoms with Gasteiger partial charge in [-0.25, -0.2) is 0 Å². The van der Waals surface area contributed by atoms with Gasteiger partial charge in [0.2, 0.25) is 0 Å². The second-order valence-electron chi connectivity index (χ2n) is 4.32. The van der Waals surface area contributed by atoms with Crippen LogP contribution < -0.4 is 16.4 Å². The molecule has 0 fully saturated rings. The predicted molar refractivity (Wildman–Crippen MR) is 78.3 cm³/mol. The van der Waals surface area contributed by atoms with Crippen molar-refractivity contribution in [3.8, 4) is 0 Å². The SMILES string of the molecule is CCCN=C(N)NCCNC(=O)c1ccc(C)cc1. The molecule has 104 valence electrons. The fourth-order valence-electron chi connectivity index (χ4n) is 1.46. The summed E-state index contributed by atoms with van der Waals surface area (Å²) in [6, 6.07) is 7.47. The number of benzene rings is 1. The van der Waals surface area contributed by atoms with Gasteiger partial charge in [-0.05, 0) is 25.5 Å². The topological polar surface area (TPSA) is 79.5 Å². The Morgan fingerprint density at radius 1 is 1.21 bits per heavy atom. The van der Waals surface area contributed by atoms with Crippen molar-refractivity contribution in [2.45, 2.75) is 20.3 Å². The smallest absolute Gasteiger partial charge is 0.251 e. The Morgan fingerprint density at radius 3 is 2.47 bits per heavy atom. The van der Waals surface area contributed by atoms with Crippen molar-refractivity contribution < 1.29 is 4.79 Å². The summed E-state index contributed by atoms with van der Waals surface area (Å²) in [6.07, 6.45) is 0.965. The maximum atomic E-state index is 11.8. The van der Waals surface area contributed by atoms with E-state index in [0.717, 1.165) is 12.0 Å². The van der Waals surface area contributed by atoms with Crippen LogP contribution in [0.15, 0.2) is 29.3 Å². The van der Waals surface area contributed by atoms with E-state index in [9.17, 15) is 4.79 Å². The van der Waals surface area contributed by atoms with Gasteiger partial charge in [0.05, 0.1) is 0 Å². The molecule has 0 aliphatic heterocycles. The minimum Gasteiger partial charge on any atom is -0.370 e. The first-order chi connectivity index (χ1) is 9.13. The van der Waals surface area contributed by atoms with Gasteiger partial charge in [0.1, 0.15) is 0 Å². The van der Waals surface area contributed by atoms with E-state index in [-0.39, 0.29) is 5.91 Å². The largest absolute Gasteiger partial charge is 0.370 e. The predicted octanol–water partition coefficient (Wildman–Crippen LogP) is 1.04. The quantitative estimate of drug-likeness (QED) is 0.407. The van der Waals surface area contributed by atoms with Crippen LogP contribution in [-0.2, 0) is 0 Å². The van der Waals surface area contributed by atoms with E-state index < -0.39 is 0 Å². The number of carbonyl (C=O) groups excluding carboxylic acids is 1. The van der Waals surface area contributed by atoms with Crippen molar-refractivity contribution in [1.82, 2.24) is 10.6 Å². The second kappa shape index (κ2) is 8.13. The monoisotopic (exact) mass is 262 g/mol. The van der Waals surface area contributed by atoms with Crippen molar-refractivity contribution in [1.29, 1.82) is 0 Å². The molecule has 1 amide bonds. The Balaban J connectivity index is 2.26. The lowest BCUT2D eigenvalue weighted by Gasteiger charge is -2.07. The third-order valence-electron chi connectivity index (χ3n) is 2.54. The van der Waals surface area contributed by atoms with E-state index >= 15 is 0 Å². The van der Waals surface area contributed by atoms with E-state index in [1.165, 1.54) is 0 Å². The third kappa shape index (κ3) is 5.90. The van der Waals surface area contributed by atoms with Crippen LogP contribution in [0.2, 0.25) is 0 Å². The highest BCUT2D eigenvalue weighted by Gasteiger charge is 2.03. The molecule has 0 bridgehead atoms. The number of nitrogens with zero attached hydrogens (tertiary/aromatic N) is 1. The number of hydrogen-bond donors (Lipinski definition) is 3. The highest BCUT2D eigenvalue weighted by atomic mass is 16.1. The molecule has 4 N–H and O–H groups in total. The van der Waals surface area contributed by atoms with Gasteiger partial charge in [0.15, 0.2) is 5.96 Å². The number of carbonyl (C=O) groups is 1. The molecule has 1 aromatic rings. The maximum absolute atomic E-state index is 11.8. The first kappa shape index (κ1) is 15.0. The molecular formula is C14H22N4O. The van der Waals surface area contributed by atoms with E-state index in [0.29, 0.717) is 31.2 Å². The Hall–Kier alpha value is -2.04. The lowest BCUT2D eigenvalue weighted by atomic mass is 10.1. The van der Waals surface area contributed by atoms with Gasteiger partial charge >= 0.3 is 0 Å². The number of nitrogens with two attached hydrogens (primary N) is 1. The Labute approximate surface area is 114 Å². The lowest BCUT2D eigenvalue weighted by Crippen LogP contribution is -2.38. The average molecular weight is 262 g/mol. The lowest BCUT2D eigenvalue weighted by molar-refractivity contribution is 0.0954. The zero-order chi connectivity index (χ0) is 14.1. The highest BCUT2D eigenvalue weighted by Crippen LogP contribution is 2.02. The minimum atomic E-state index is -0.0779. The summed E-state index contributed by atoms with van der Waals surface area (Å²) in [6.45, 7) is 5.82. The van der Waals surface area contributed by atoms with Crippen LogP contribution >= 0.6 is 0 Å². The maximum Gasteiger partial charge on any atom is 0.251 e. The number of hydrogen-bond acceptors (Lipinski definition) is 2. The Morgan fingerprint density at radius 2 is 1.84 bits per heavy atom. The fourth-order valence-corrected chi connectivity index (χ4v) is 1.46. The molecule has 0 radical (unpaired) electrons. The number of amides is 1. The van der Waals surface area contributed by atoms with Gasteiger partial charge in [0, 0.05) is 25.2 Å². The zero-order valence-corrected chi connectivity index (χ0v) is 11.6. The number of nitrogens with one attached hydrogen (secondary N) is 2. The molecule has 0 atom stereocenters. The van der Waals surface area contributed by atoms with Crippen molar-refractivity contribution >= 4 is 11.9 Å². The molecule has 0 saturated heterocycles. The van der Waals surface area contributed by atoms with Crippen molar-refractivity contribution in [2.24, 2.45) is 10.7 Å². The molecule has 0 saturated carbocycles. The molecule has 0 heterocycles. The Bertz CT molecular complexity index is 426. The van der Waals surface area contributed by atoms with Crippen LogP contribution in [-0.4, -0.2) is 31.5 Å². The van der Waals surface area contributed by atoms with E-state index in [1.807, 2.05) is 38.1 Å². The van der Waals surface area contributed by atoms with Crippen LogP contribution in [0.4, 0.5) is 0 Å². The molecule has 0 aliphatic rings. The standard InChI is InChI=1S/C14H22N4O/c1-3-8-17-14(15)18-10-9-16-13(19)12-6-4-11(2)5-7-12/h4-7H,3,8-10H2,1-2H3,(H,16,19)(H3,15,17,18). The van der Waals surface area contributed by atoms with Crippen LogP contribution in [0.1, 0.15) is 29.3 Å². The normalized spacial score (nSPS) is 11.2. The van der Waals surface area contributed by atoms with Gasteiger partial charge in [-0.3, -0.25) is 9.79 Å². The summed E-state index contributed by atoms with van der Waals surface area (Å²) in [4.78, 5) is 15.9. The molecule has 5 heteroatoms. The van der Waals surface area contributed by atoms with Crippen molar-refractivity contribution in [3.63, 3.8) is 0 Å². The zero-order valence-electron chi connectivity index (χ0n) is 11.6. The highest BCUT2D eigenvalue weighted by molar-refractivity contribution is 5.94. The molecule has 0 unspecified atom stereocenters. The van der Waals surface area contributed by atoms with Gasteiger partial charge in [-0.1, -0.05) is 24.6 Å². The number of aryl methyl sites for hydroxylation is 1. The van der Waals surface area contributed by atoms with Crippen LogP contribution in [0.5, 0.6) is 0 Å². The number of rotatable bonds is 6. The van der Waals surface area contributed by atoms with Crippen LogP contribution in [0.3, 0.4) is 0 Å². The third-order valence-corrected chi connectivity index (χ3v) is 2.54. The molecule has 5 nitrogen and oxygen atoms in total. The Kier molecular flexibility index (Phi) is 6.43. The first-order valence-electron chi connectivity index (χ1n) is 6.52. The summed E-state index contributed by atoms with van der Waals surface area (Å²) in [7, 11) is 0. The molecule has 1 aromatic carbocycles. The summed E-state index contributed by atoms with van der Waals surface area (Å²) in [5.41, 5.74) is 7.43. The van der Waals surface area contributed by atoms with Crippen molar-refractivity contribution in [3.05, 3.63) is 35.4 Å². The van der Waals surface area contributed by atoms with Gasteiger partial charge in [0.25, 0.3) is 5.91 Å². The number of aliphatic imine (C=N–C) groups is 1. The summed E-state index contributed by atoms with van der Waals surface area (Å²) in [5, 5.41) is 5.76. The molecule has 1 rings (SSSR count). The van der Waals surface area contributed by atoms with E-state index in [1.54, 1.807) is 0 Å². The van der Waals surface area contributed by atoms with Crippen molar-refractivity contribution in [2.75, 3.05) is 19.6 Å². The number of guanidine groups is 1. The van der Waals surface area contributed by atoms with E-state index in [2.05, 4.69) is 15.6 Å². The van der Waals surface area contributed by atoms with Gasteiger partial charge in [-0.15, -0.1) is 0 Å². The van der Waals surface area contributed by atoms with Gasteiger partial charge < -0.3 is 16.4 Å². The average Bonchev–Trinajstić information content (AvgIpc) is 2.41. The molecule has 19 heavy (non-hydrogen) atoms. The van der Waals surface area contributed by atoms with Crippen LogP contribution in [0, 0.1) is 6.92 Å². The first-order valence-corrected chi connectivity index (χ1v) is 6.52. The van der Waals surface area contributed by atoms with E-state index in [4.69, 9.17) is 5.73 Å². The molecular weight excluding hydrogens is 240 g/mol. The van der Waals surface area contributed by atoms with Crippen LogP contribution in [0.25, 0.3) is 0 Å². The summed E-state index contributed by atoms with van der Waals surface area (Å²) >= 11 is 0. The summed E-state index contributed by atoms with van der Waals surface area (Å²) in [5.74, 6) is 0.345. The van der Waals surface area contributed by atoms with Gasteiger partial charge in [-0.2, -0.15) is 0 Å². The molecule has 0 spiro atoms. The fraction of sp³-hybridized carbons (Fsp3) is 0.429. The molecule has 0 aliphatic carbocycles.